The molecular formula is C31H32N4O9. The fourth-order valence-corrected chi connectivity index (χ4v) is 4.02. The van der Waals surface area contributed by atoms with Crippen molar-refractivity contribution in [3.05, 3.63) is 95.1 Å². The summed E-state index contributed by atoms with van der Waals surface area (Å²) in [5.41, 5.74) is 12.7. The third kappa shape index (κ3) is 9.41. The van der Waals surface area contributed by atoms with Gasteiger partial charge < -0.3 is 31.2 Å². The molecule has 0 bridgehead atoms. The van der Waals surface area contributed by atoms with Crippen molar-refractivity contribution in [3.63, 3.8) is 0 Å². The first-order valence-electron chi connectivity index (χ1n) is 13.4. The number of rotatable bonds is 13. The van der Waals surface area contributed by atoms with Crippen molar-refractivity contribution < 1.29 is 43.7 Å². The fourth-order valence-electron chi connectivity index (χ4n) is 4.02. The molecule has 44 heavy (non-hydrogen) atoms. The Hall–Kier alpha value is -5.72. The van der Waals surface area contributed by atoms with Gasteiger partial charge in [0.05, 0.1) is 17.7 Å². The van der Waals surface area contributed by atoms with Crippen LogP contribution in [-0.4, -0.2) is 56.9 Å². The van der Waals surface area contributed by atoms with E-state index in [4.69, 9.17) is 20.9 Å². The zero-order valence-corrected chi connectivity index (χ0v) is 24.0. The number of nitrogens with zero attached hydrogens (tertiary/aromatic N) is 2. The zero-order valence-electron chi connectivity index (χ0n) is 24.0. The molecule has 0 heterocycles. The molecule has 0 fully saturated rings. The summed E-state index contributed by atoms with van der Waals surface area (Å²) >= 11 is 0. The van der Waals surface area contributed by atoms with Gasteiger partial charge in [0.15, 0.2) is 11.7 Å². The van der Waals surface area contributed by atoms with Gasteiger partial charge in [0, 0.05) is 18.0 Å². The van der Waals surface area contributed by atoms with Gasteiger partial charge in [-0.25, -0.2) is 19.4 Å². The van der Waals surface area contributed by atoms with E-state index in [1.807, 2.05) is 0 Å². The quantitative estimate of drug-likeness (QED) is 0.0725. The highest BCUT2D eigenvalue weighted by molar-refractivity contribution is 5.97. The summed E-state index contributed by atoms with van der Waals surface area (Å²) in [6.45, 7) is 2.86. The van der Waals surface area contributed by atoms with Gasteiger partial charge in [0.25, 0.3) is 0 Å². The van der Waals surface area contributed by atoms with Gasteiger partial charge in [-0.05, 0) is 53.6 Å². The largest absolute Gasteiger partial charge is 0.481 e. The van der Waals surface area contributed by atoms with Crippen molar-refractivity contribution in [1.29, 1.82) is 0 Å². The molecule has 3 rings (SSSR count). The van der Waals surface area contributed by atoms with Crippen LogP contribution in [0.15, 0.2) is 77.8 Å². The number of hydrogen-bond acceptors (Lipinski definition) is 8. The van der Waals surface area contributed by atoms with Crippen molar-refractivity contribution >= 4 is 41.4 Å². The number of carbonyl (C=O) groups is 5. The molecule has 0 aliphatic rings. The van der Waals surface area contributed by atoms with Crippen LogP contribution in [0.3, 0.4) is 0 Å². The lowest BCUT2D eigenvalue weighted by molar-refractivity contribution is -0.149. The molecule has 0 aliphatic carbocycles. The molecular weight excluding hydrogens is 572 g/mol. The number of aliphatic carboxylic acids is 2. The Balaban J connectivity index is 1.70. The fraction of sp³-hybridized carbons (Fsp3) is 0.226. The molecule has 3 aromatic carbocycles. The maximum absolute atomic E-state index is 13.1. The maximum atomic E-state index is 13.1. The molecule has 0 radical (unpaired) electrons. The minimum Gasteiger partial charge on any atom is -0.481 e. The van der Waals surface area contributed by atoms with Gasteiger partial charge in [-0.3, -0.25) is 14.5 Å². The van der Waals surface area contributed by atoms with E-state index in [0.29, 0.717) is 22.4 Å². The van der Waals surface area contributed by atoms with E-state index in [2.05, 4.69) is 4.99 Å². The molecule has 1 amide bonds. The topological polar surface area (TPSA) is 212 Å². The van der Waals surface area contributed by atoms with Crippen molar-refractivity contribution in [3.8, 4) is 5.75 Å². The Bertz CT molecular complexity index is 1550. The highest BCUT2D eigenvalue weighted by Gasteiger charge is 2.33. The Morgan fingerprint density at radius 2 is 1.52 bits per heavy atom. The molecule has 0 saturated heterocycles. The molecule has 0 spiro atoms. The van der Waals surface area contributed by atoms with Crippen LogP contribution in [0.4, 0.5) is 10.5 Å². The third-order valence-electron chi connectivity index (χ3n) is 6.21. The summed E-state index contributed by atoms with van der Waals surface area (Å²) in [6, 6.07) is 16.7. The predicted molar refractivity (Wildman–Crippen MR) is 158 cm³/mol. The number of esters is 1. The van der Waals surface area contributed by atoms with E-state index in [0.717, 1.165) is 4.90 Å². The SMILES string of the molecule is CC(C)C(=O)c1cccc(CN(C(=O)OCc2ccc(OC(=O)c3ccc(N=C(N)N)cc3)cc2)[C@@H](CC(=O)O)C(=O)O)c1. The number of ketones is 1. The van der Waals surface area contributed by atoms with Crippen LogP contribution >= 0.6 is 0 Å². The standard InChI is InChI=1S/C31H32N4O9/c1-18(2)27(38)22-5-3-4-20(14-22)16-35(25(28(39)40)15-26(36)37)31(42)43-17-19-6-12-24(13-7-19)44-29(41)21-8-10-23(11-9-21)34-30(32)33/h3-14,18,25H,15-17H2,1-2H3,(H,36,37)(H,39,40)(H4,32,33,34)/t25-/m0/s1. The number of carboxylic acids is 2. The lowest BCUT2D eigenvalue weighted by atomic mass is 9.99. The highest BCUT2D eigenvalue weighted by atomic mass is 16.6. The molecule has 3 aromatic rings. The van der Waals surface area contributed by atoms with Crippen molar-refractivity contribution in [2.24, 2.45) is 22.4 Å². The predicted octanol–water partition coefficient (Wildman–Crippen LogP) is 3.72. The summed E-state index contributed by atoms with van der Waals surface area (Å²) in [5, 5.41) is 19.0. The number of carboxylic acid groups (broad SMARTS) is 2. The minimum absolute atomic E-state index is 0.120. The first-order valence-corrected chi connectivity index (χ1v) is 13.4. The lowest BCUT2D eigenvalue weighted by Crippen LogP contribution is -2.46. The summed E-state index contributed by atoms with van der Waals surface area (Å²) < 4.78 is 10.7. The van der Waals surface area contributed by atoms with Crippen molar-refractivity contribution in [1.82, 2.24) is 4.90 Å². The Morgan fingerprint density at radius 3 is 2.09 bits per heavy atom. The normalized spacial score (nSPS) is 11.2. The number of benzene rings is 3. The Labute approximate surface area is 252 Å². The van der Waals surface area contributed by atoms with E-state index in [1.165, 1.54) is 42.5 Å². The Morgan fingerprint density at radius 1 is 0.864 bits per heavy atom. The first-order chi connectivity index (χ1) is 20.8. The van der Waals surface area contributed by atoms with Crippen LogP contribution in [-0.2, 0) is 27.5 Å². The monoisotopic (exact) mass is 604 g/mol. The summed E-state index contributed by atoms with van der Waals surface area (Å²) in [5.74, 6) is -3.92. The van der Waals surface area contributed by atoms with Crippen LogP contribution in [0, 0.1) is 5.92 Å². The van der Waals surface area contributed by atoms with E-state index < -0.39 is 36.5 Å². The van der Waals surface area contributed by atoms with Crippen LogP contribution in [0.25, 0.3) is 0 Å². The smallest absolute Gasteiger partial charge is 0.411 e. The van der Waals surface area contributed by atoms with E-state index in [1.54, 1.807) is 44.2 Å². The van der Waals surface area contributed by atoms with Crippen molar-refractivity contribution in [2.45, 2.75) is 39.5 Å². The molecule has 230 valence electrons. The second-order valence-electron chi connectivity index (χ2n) is 9.97. The molecule has 0 aliphatic heterocycles. The van der Waals surface area contributed by atoms with Gasteiger partial charge in [-0.1, -0.05) is 44.2 Å². The number of nitrogens with two attached hydrogens (primary N) is 2. The summed E-state index contributed by atoms with van der Waals surface area (Å²) in [7, 11) is 0. The molecule has 0 saturated carbocycles. The van der Waals surface area contributed by atoms with Gasteiger partial charge in [-0.2, -0.15) is 0 Å². The average Bonchev–Trinajstić information content (AvgIpc) is 2.97. The van der Waals surface area contributed by atoms with Crippen LogP contribution in [0.1, 0.15) is 52.1 Å². The third-order valence-corrected chi connectivity index (χ3v) is 6.21. The second kappa shape index (κ2) is 15.0. The van der Waals surface area contributed by atoms with Gasteiger partial charge >= 0.3 is 24.0 Å². The number of carbonyl (C=O) groups excluding carboxylic acids is 3. The Kier molecular flexibility index (Phi) is 11.1. The number of Topliss-reactive ketones (excluding diaryl/α,β-unsaturated/α-hetero) is 1. The molecule has 13 heteroatoms. The van der Waals surface area contributed by atoms with Crippen LogP contribution in [0.5, 0.6) is 5.75 Å². The van der Waals surface area contributed by atoms with E-state index in [9.17, 15) is 34.2 Å². The minimum atomic E-state index is -1.74. The first kappa shape index (κ1) is 32.8. The number of amides is 1. The highest BCUT2D eigenvalue weighted by Crippen LogP contribution is 2.20. The molecule has 13 nitrogen and oxygen atoms in total. The summed E-state index contributed by atoms with van der Waals surface area (Å²) in [6.07, 6.45) is -1.94. The second-order valence-corrected chi connectivity index (χ2v) is 9.97. The lowest BCUT2D eigenvalue weighted by Gasteiger charge is -2.27. The van der Waals surface area contributed by atoms with E-state index >= 15 is 0 Å². The molecule has 1 atom stereocenters. The number of aliphatic imine (C=N–C) groups is 1. The zero-order chi connectivity index (χ0) is 32.4. The average molecular weight is 605 g/mol. The molecule has 0 aromatic heterocycles. The number of guanidine groups is 1. The maximum Gasteiger partial charge on any atom is 0.411 e. The van der Waals surface area contributed by atoms with Crippen LogP contribution in [0.2, 0.25) is 0 Å². The van der Waals surface area contributed by atoms with Gasteiger partial charge in [-0.15, -0.1) is 0 Å². The van der Waals surface area contributed by atoms with Crippen LogP contribution < -0.4 is 16.2 Å². The number of ether oxygens (including phenoxy) is 2. The molecule has 6 N–H and O–H groups in total. The summed E-state index contributed by atoms with van der Waals surface area (Å²) in [4.78, 5) is 66.1. The van der Waals surface area contributed by atoms with E-state index in [-0.39, 0.29) is 42.1 Å². The van der Waals surface area contributed by atoms with Gasteiger partial charge in [0.2, 0.25) is 0 Å². The number of hydrogen-bond donors (Lipinski definition) is 4. The van der Waals surface area contributed by atoms with Gasteiger partial charge in [0.1, 0.15) is 18.4 Å². The molecule has 0 unspecified atom stereocenters. The van der Waals surface area contributed by atoms with Crippen molar-refractivity contribution in [2.75, 3.05) is 0 Å².